The first-order chi connectivity index (χ1) is 7.58. The first-order valence-corrected chi connectivity index (χ1v) is 5.74. The third-order valence-corrected chi connectivity index (χ3v) is 3.23. The number of nitrogens with zero attached hydrogens (tertiary/aromatic N) is 1. The molecule has 0 bridgehead atoms. The average Bonchev–Trinajstić information content (AvgIpc) is 2.68. The predicted octanol–water partition coefficient (Wildman–Crippen LogP) is 2.15. The molecule has 0 aromatic heterocycles. The van der Waals surface area contributed by atoms with Crippen molar-refractivity contribution in [1.29, 1.82) is 0 Å². The quantitative estimate of drug-likeness (QED) is 0.763. The van der Waals surface area contributed by atoms with E-state index in [4.69, 9.17) is 11.6 Å². The summed E-state index contributed by atoms with van der Waals surface area (Å²) in [5.41, 5.74) is 1.29. The number of aromatic hydroxyl groups is 1. The first kappa shape index (κ1) is 11.3. The largest absolute Gasteiger partial charge is 0.508 e. The van der Waals surface area contributed by atoms with Crippen LogP contribution in [0.5, 0.6) is 5.75 Å². The van der Waals surface area contributed by atoms with E-state index in [0.29, 0.717) is 18.7 Å². The van der Waals surface area contributed by atoms with Gasteiger partial charge < -0.3 is 10.0 Å². The molecule has 1 aromatic carbocycles. The Morgan fingerprint density at radius 3 is 2.88 bits per heavy atom. The van der Waals surface area contributed by atoms with Crippen molar-refractivity contribution in [2.75, 3.05) is 13.1 Å². The molecule has 1 fully saturated rings. The molecule has 16 heavy (non-hydrogen) atoms. The number of phenols is 1. The zero-order valence-electron chi connectivity index (χ0n) is 9.11. The van der Waals surface area contributed by atoms with Crippen LogP contribution in [0.1, 0.15) is 22.3 Å². The van der Waals surface area contributed by atoms with Gasteiger partial charge in [-0.3, -0.25) is 4.79 Å². The van der Waals surface area contributed by atoms with Gasteiger partial charge in [0, 0.05) is 18.7 Å². The third-order valence-electron chi connectivity index (χ3n) is 2.87. The van der Waals surface area contributed by atoms with Crippen LogP contribution in [0.15, 0.2) is 18.2 Å². The monoisotopic (exact) mass is 239 g/mol. The molecule has 4 heteroatoms. The Kier molecular flexibility index (Phi) is 3.06. The Labute approximate surface area is 99.6 Å². The molecule has 1 saturated heterocycles. The highest BCUT2D eigenvalue weighted by Crippen LogP contribution is 2.21. The lowest BCUT2D eigenvalue weighted by atomic mass is 10.1. The maximum Gasteiger partial charge on any atom is 0.254 e. The van der Waals surface area contributed by atoms with Crippen molar-refractivity contribution in [3.8, 4) is 5.75 Å². The maximum absolute atomic E-state index is 12.0. The zero-order chi connectivity index (χ0) is 11.7. The van der Waals surface area contributed by atoms with Crippen LogP contribution in [-0.2, 0) is 0 Å². The Morgan fingerprint density at radius 1 is 1.56 bits per heavy atom. The summed E-state index contributed by atoms with van der Waals surface area (Å²) in [5, 5.41) is 9.61. The summed E-state index contributed by atoms with van der Waals surface area (Å²) >= 11 is 5.95. The van der Waals surface area contributed by atoms with Crippen LogP contribution in [0, 0.1) is 6.92 Å². The number of aryl methyl sites for hydroxylation is 1. The SMILES string of the molecule is Cc1ccc(C(=O)N2CCC(Cl)C2)cc1O. The highest BCUT2D eigenvalue weighted by molar-refractivity contribution is 6.21. The van der Waals surface area contributed by atoms with Crippen LogP contribution < -0.4 is 0 Å². The first-order valence-electron chi connectivity index (χ1n) is 5.31. The van der Waals surface area contributed by atoms with Gasteiger partial charge in [0.05, 0.1) is 5.38 Å². The molecule has 1 amide bonds. The van der Waals surface area contributed by atoms with Crippen LogP contribution in [0.2, 0.25) is 0 Å². The normalized spacial score (nSPS) is 20.1. The minimum atomic E-state index is -0.0570. The second kappa shape index (κ2) is 4.34. The number of carbonyl (C=O) groups is 1. The van der Waals surface area contributed by atoms with Crippen molar-refractivity contribution < 1.29 is 9.90 Å². The van der Waals surface area contributed by atoms with Gasteiger partial charge in [-0.05, 0) is 31.0 Å². The molecule has 1 aliphatic heterocycles. The van der Waals surface area contributed by atoms with Crippen molar-refractivity contribution in [3.05, 3.63) is 29.3 Å². The summed E-state index contributed by atoms with van der Waals surface area (Å²) in [4.78, 5) is 13.7. The number of alkyl halides is 1. The minimum absolute atomic E-state index is 0.0570. The molecule has 1 unspecified atom stereocenters. The van der Waals surface area contributed by atoms with Gasteiger partial charge in [-0.25, -0.2) is 0 Å². The van der Waals surface area contributed by atoms with E-state index >= 15 is 0 Å². The number of carbonyl (C=O) groups excluding carboxylic acids is 1. The van der Waals surface area contributed by atoms with Gasteiger partial charge in [0.15, 0.2) is 0 Å². The minimum Gasteiger partial charge on any atom is -0.508 e. The van der Waals surface area contributed by atoms with Crippen molar-refractivity contribution >= 4 is 17.5 Å². The van der Waals surface area contributed by atoms with E-state index in [-0.39, 0.29) is 17.0 Å². The smallest absolute Gasteiger partial charge is 0.254 e. The zero-order valence-corrected chi connectivity index (χ0v) is 9.87. The number of rotatable bonds is 1. The third kappa shape index (κ3) is 2.14. The summed E-state index contributed by atoms with van der Waals surface area (Å²) in [7, 11) is 0. The lowest BCUT2D eigenvalue weighted by Gasteiger charge is -2.15. The lowest BCUT2D eigenvalue weighted by molar-refractivity contribution is 0.0792. The Bertz CT molecular complexity index is 419. The maximum atomic E-state index is 12.0. The molecule has 3 nitrogen and oxygen atoms in total. The number of phenolic OH excluding ortho intramolecular Hbond substituents is 1. The van der Waals surface area contributed by atoms with Crippen LogP contribution in [0.4, 0.5) is 0 Å². The topological polar surface area (TPSA) is 40.5 Å². The van der Waals surface area contributed by atoms with Gasteiger partial charge in [0.2, 0.25) is 0 Å². The number of benzene rings is 1. The fraction of sp³-hybridized carbons (Fsp3) is 0.417. The molecule has 0 spiro atoms. The Morgan fingerprint density at radius 2 is 2.31 bits per heavy atom. The summed E-state index contributed by atoms with van der Waals surface area (Å²) < 4.78 is 0. The summed E-state index contributed by atoms with van der Waals surface area (Å²) in [6.07, 6.45) is 0.838. The summed E-state index contributed by atoms with van der Waals surface area (Å²) in [6.45, 7) is 3.09. The van der Waals surface area contributed by atoms with E-state index in [1.54, 1.807) is 24.0 Å². The van der Waals surface area contributed by atoms with Crippen LogP contribution in [0.25, 0.3) is 0 Å². The van der Waals surface area contributed by atoms with Crippen molar-refractivity contribution in [2.24, 2.45) is 0 Å². The molecule has 1 aliphatic rings. The van der Waals surface area contributed by atoms with E-state index < -0.39 is 0 Å². The highest BCUT2D eigenvalue weighted by Gasteiger charge is 2.25. The van der Waals surface area contributed by atoms with Gasteiger partial charge in [0.25, 0.3) is 5.91 Å². The molecule has 1 atom stereocenters. The van der Waals surface area contributed by atoms with E-state index in [0.717, 1.165) is 12.0 Å². The second-order valence-electron chi connectivity index (χ2n) is 4.14. The molecule has 86 valence electrons. The number of halogens is 1. The number of hydrogen-bond acceptors (Lipinski definition) is 2. The number of hydrogen-bond donors (Lipinski definition) is 1. The molecule has 1 N–H and O–H groups in total. The standard InChI is InChI=1S/C12H14ClNO2/c1-8-2-3-9(6-11(8)15)12(16)14-5-4-10(13)7-14/h2-3,6,10,15H,4-5,7H2,1H3. The number of likely N-dealkylation sites (tertiary alicyclic amines) is 1. The summed E-state index contributed by atoms with van der Waals surface area (Å²) in [5.74, 6) is 0.103. The van der Waals surface area contributed by atoms with Gasteiger partial charge in [-0.1, -0.05) is 6.07 Å². The molecular weight excluding hydrogens is 226 g/mol. The van der Waals surface area contributed by atoms with Crippen LogP contribution >= 0.6 is 11.6 Å². The number of amides is 1. The van der Waals surface area contributed by atoms with Crippen LogP contribution in [0.3, 0.4) is 0 Å². The van der Waals surface area contributed by atoms with Gasteiger partial charge in [-0.15, -0.1) is 11.6 Å². The van der Waals surface area contributed by atoms with Crippen molar-refractivity contribution in [1.82, 2.24) is 4.90 Å². The molecule has 2 rings (SSSR count). The average molecular weight is 240 g/mol. The van der Waals surface area contributed by atoms with Gasteiger partial charge in [-0.2, -0.15) is 0 Å². The molecular formula is C12H14ClNO2. The van der Waals surface area contributed by atoms with E-state index in [1.807, 2.05) is 0 Å². The van der Waals surface area contributed by atoms with E-state index in [9.17, 15) is 9.90 Å². The highest BCUT2D eigenvalue weighted by atomic mass is 35.5. The molecule has 0 aliphatic carbocycles. The van der Waals surface area contributed by atoms with Crippen molar-refractivity contribution in [3.63, 3.8) is 0 Å². The van der Waals surface area contributed by atoms with E-state index in [1.165, 1.54) is 6.07 Å². The van der Waals surface area contributed by atoms with Gasteiger partial charge in [0.1, 0.15) is 5.75 Å². The lowest BCUT2D eigenvalue weighted by Crippen LogP contribution is -2.28. The van der Waals surface area contributed by atoms with E-state index in [2.05, 4.69) is 0 Å². The van der Waals surface area contributed by atoms with Crippen molar-refractivity contribution in [2.45, 2.75) is 18.7 Å². The fourth-order valence-electron chi connectivity index (χ4n) is 1.83. The molecule has 1 aromatic rings. The summed E-state index contributed by atoms with van der Waals surface area (Å²) in [6, 6.07) is 5.00. The van der Waals surface area contributed by atoms with Crippen LogP contribution in [-0.4, -0.2) is 34.4 Å². The molecule has 0 saturated carbocycles. The Hall–Kier alpha value is -1.22. The fourth-order valence-corrected chi connectivity index (χ4v) is 2.09. The second-order valence-corrected chi connectivity index (χ2v) is 4.76. The molecule has 1 heterocycles. The molecule has 0 radical (unpaired) electrons. The Balaban J connectivity index is 2.18. The van der Waals surface area contributed by atoms with Gasteiger partial charge >= 0.3 is 0 Å². The predicted molar refractivity (Wildman–Crippen MR) is 63.0 cm³/mol.